The molecule has 6 heteroatoms. The first kappa shape index (κ1) is 12.9. The third kappa shape index (κ3) is 3.01. The highest BCUT2D eigenvalue weighted by Crippen LogP contribution is 2.34. The Morgan fingerprint density at radius 2 is 2.17 bits per heavy atom. The average Bonchev–Trinajstić information content (AvgIpc) is 3.17. The molecular weight excluding hydrogens is 254 g/mol. The van der Waals surface area contributed by atoms with Crippen molar-refractivity contribution >= 4 is 17.7 Å². The number of rotatable bonds is 5. The maximum absolute atomic E-state index is 11.5. The van der Waals surface area contributed by atoms with Gasteiger partial charge < -0.3 is 4.74 Å². The van der Waals surface area contributed by atoms with Gasteiger partial charge >= 0.3 is 5.97 Å². The second kappa shape index (κ2) is 5.39. The molecule has 0 heterocycles. The van der Waals surface area contributed by atoms with Crippen LogP contribution in [0.1, 0.15) is 12.0 Å². The molecule has 96 valence electrons. The lowest BCUT2D eigenvalue weighted by Crippen LogP contribution is -2.13. The molecule has 1 aliphatic rings. The van der Waals surface area contributed by atoms with Gasteiger partial charge in [-0.05, 0) is 24.0 Å². The van der Waals surface area contributed by atoms with Gasteiger partial charge in [-0.25, -0.2) is 0 Å². The van der Waals surface area contributed by atoms with Gasteiger partial charge in [0.25, 0.3) is 0 Å². The van der Waals surface area contributed by atoms with Crippen molar-refractivity contribution in [1.82, 2.24) is 0 Å². The maximum Gasteiger partial charge on any atom is 0.316 e. The number of benzene rings is 1. The summed E-state index contributed by atoms with van der Waals surface area (Å²) >= 11 is 1.64. The number of hydrogen-bond donors (Lipinski definition) is 0. The minimum Gasteiger partial charge on any atom is -0.460 e. The summed E-state index contributed by atoms with van der Waals surface area (Å²) in [7, 11) is 0. The van der Waals surface area contributed by atoms with Crippen LogP contribution in [0, 0.1) is 16.0 Å². The lowest BCUT2D eigenvalue weighted by Gasteiger charge is -2.04. The number of hydrogen-bond acceptors (Lipinski definition) is 5. The van der Waals surface area contributed by atoms with Crippen LogP contribution in [-0.4, -0.2) is 23.2 Å². The SMILES string of the molecule is CSc1ccc(COC(=O)[C@H]2C[C@H]2[N+](=O)[O-])cc1. The Morgan fingerprint density at radius 3 is 2.67 bits per heavy atom. The third-order valence-electron chi connectivity index (χ3n) is 2.87. The predicted molar refractivity (Wildman–Crippen MR) is 66.9 cm³/mol. The molecule has 1 aliphatic carbocycles. The first-order chi connectivity index (χ1) is 8.61. The Kier molecular flexibility index (Phi) is 3.86. The lowest BCUT2D eigenvalue weighted by molar-refractivity contribution is -0.497. The highest BCUT2D eigenvalue weighted by Gasteiger charge is 2.54. The summed E-state index contributed by atoms with van der Waals surface area (Å²) in [5, 5.41) is 10.4. The number of thioether (sulfide) groups is 1. The summed E-state index contributed by atoms with van der Waals surface area (Å²) in [5.74, 6) is -1.02. The Balaban J connectivity index is 1.81. The van der Waals surface area contributed by atoms with Crippen molar-refractivity contribution in [2.75, 3.05) is 6.26 Å². The number of carbonyl (C=O) groups excluding carboxylic acids is 1. The first-order valence-electron chi connectivity index (χ1n) is 5.55. The molecular formula is C12H13NO4S. The van der Waals surface area contributed by atoms with Crippen molar-refractivity contribution in [1.29, 1.82) is 0 Å². The highest BCUT2D eigenvalue weighted by molar-refractivity contribution is 7.98. The van der Waals surface area contributed by atoms with Crippen molar-refractivity contribution < 1.29 is 14.5 Å². The van der Waals surface area contributed by atoms with Gasteiger partial charge in [0.1, 0.15) is 12.5 Å². The first-order valence-corrected chi connectivity index (χ1v) is 6.77. The van der Waals surface area contributed by atoms with Crippen LogP contribution in [0.5, 0.6) is 0 Å². The summed E-state index contributed by atoms with van der Waals surface area (Å²) < 4.78 is 5.06. The van der Waals surface area contributed by atoms with Gasteiger partial charge in [-0.3, -0.25) is 14.9 Å². The fourth-order valence-electron chi connectivity index (χ4n) is 1.65. The van der Waals surface area contributed by atoms with E-state index in [-0.39, 0.29) is 6.61 Å². The van der Waals surface area contributed by atoms with E-state index in [1.807, 2.05) is 30.5 Å². The summed E-state index contributed by atoms with van der Waals surface area (Å²) in [4.78, 5) is 22.6. The van der Waals surface area contributed by atoms with Crippen LogP contribution < -0.4 is 0 Å². The Morgan fingerprint density at radius 1 is 1.50 bits per heavy atom. The van der Waals surface area contributed by atoms with E-state index in [2.05, 4.69) is 0 Å². The highest BCUT2D eigenvalue weighted by atomic mass is 32.2. The molecule has 0 spiro atoms. The zero-order chi connectivity index (χ0) is 13.1. The van der Waals surface area contributed by atoms with Crippen LogP contribution >= 0.6 is 11.8 Å². The van der Waals surface area contributed by atoms with Gasteiger partial charge in [-0.1, -0.05) is 12.1 Å². The molecule has 1 fully saturated rings. The molecule has 1 aromatic carbocycles. The molecule has 0 bridgehead atoms. The van der Waals surface area contributed by atoms with E-state index in [0.717, 1.165) is 10.5 Å². The number of nitro groups is 1. The van der Waals surface area contributed by atoms with E-state index in [0.29, 0.717) is 6.42 Å². The average molecular weight is 267 g/mol. The standard InChI is InChI=1S/C12H13NO4S/c1-18-9-4-2-8(3-5-9)7-17-12(14)10-6-11(10)13(15)16/h2-5,10-11H,6-7H2,1H3/t10-,11+/m0/s1. The predicted octanol–water partition coefficient (Wildman–Crippen LogP) is 2.12. The van der Waals surface area contributed by atoms with E-state index < -0.39 is 22.9 Å². The third-order valence-corrected chi connectivity index (χ3v) is 3.61. The number of esters is 1. The van der Waals surface area contributed by atoms with Gasteiger partial charge in [-0.2, -0.15) is 0 Å². The molecule has 18 heavy (non-hydrogen) atoms. The molecule has 0 aromatic heterocycles. The van der Waals surface area contributed by atoms with Gasteiger partial charge in [-0.15, -0.1) is 11.8 Å². The van der Waals surface area contributed by atoms with Crippen molar-refractivity contribution in [3.8, 4) is 0 Å². The second-order valence-corrected chi connectivity index (χ2v) is 5.03. The molecule has 0 radical (unpaired) electrons. The summed E-state index contributed by atoms with van der Waals surface area (Å²) in [6.45, 7) is 0.175. The largest absolute Gasteiger partial charge is 0.460 e. The van der Waals surface area contributed by atoms with E-state index >= 15 is 0 Å². The molecule has 2 atom stereocenters. The Hall–Kier alpha value is -1.56. The number of carbonyl (C=O) groups is 1. The molecule has 1 saturated carbocycles. The zero-order valence-electron chi connectivity index (χ0n) is 9.87. The Bertz CT molecular complexity index is 460. The smallest absolute Gasteiger partial charge is 0.316 e. The van der Waals surface area contributed by atoms with E-state index in [9.17, 15) is 14.9 Å². The molecule has 0 aliphatic heterocycles. The second-order valence-electron chi connectivity index (χ2n) is 4.15. The summed E-state index contributed by atoms with van der Waals surface area (Å²) in [6, 6.07) is 6.93. The maximum atomic E-state index is 11.5. The van der Waals surface area contributed by atoms with Crippen molar-refractivity contribution in [2.24, 2.45) is 5.92 Å². The number of nitrogens with zero attached hydrogens (tertiary/aromatic N) is 1. The minimum absolute atomic E-state index is 0.175. The minimum atomic E-state index is -0.739. The van der Waals surface area contributed by atoms with Crippen LogP contribution in [0.2, 0.25) is 0 Å². The monoisotopic (exact) mass is 267 g/mol. The summed E-state index contributed by atoms with van der Waals surface area (Å²) in [6.07, 6.45) is 2.29. The van der Waals surface area contributed by atoms with Crippen molar-refractivity contribution in [3.63, 3.8) is 0 Å². The molecule has 0 amide bonds. The van der Waals surface area contributed by atoms with E-state index in [4.69, 9.17) is 4.74 Å². The van der Waals surface area contributed by atoms with Crippen LogP contribution in [0.4, 0.5) is 0 Å². The van der Waals surface area contributed by atoms with Crippen LogP contribution in [0.3, 0.4) is 0 Å². The van der Waals surface area contributed by atoms with E-state index in [1.165, 1.54) is 0 Å². The van der Waals surface area contributed by atoms with Crippen LogP contribution in [0.25, 0.3) is 0 Å². The lowest BCUT2D eigenvalue weighted by atomic mass is 10.2. The van der Waals surface area contributed by atoms with Crippen LogP contribution in [-0.2, 0) is 16.1 Å². The molecule has 0 saturated heterocycles. The molecule has 0 N–H and O–H groups in total. The van der Waals surface area contributed by atoms with Gasteiger partial charge in [0.05, 0.1) is 0 Å². The van der Waals surface area contributed by atoms with Gasteiger partial charge in [0.2, 0.25) is 6.04 Å². The van der Waals surface area contributed by atoms with Crippen molar-refractivity contribution in [3.05, 3.63) is 39.9 Å². The molecule has 0 unspecified atom stereocenters. The van der Waals surface area contributed by atoms with E-state index in [1.54, 1.807) is 11.8 Å². The summed E-state index contributed by atoms with van der Waals surface area (Å²) in [5.41, 5.74) is 0.888. The topological polar surface area (TPSA) is 69.4 Å². The molecule has 1 aromatic rings. The van der Waals surface area contributed by atoms with Gasteiger partial charge in [0.15, 0.2) is 0 Å². The van der Waals surface area contributed by atoms with Gasteiger partial charge in [0, 0.05) is 16.2 Å². The van der Waals surface area contributed by atoms with Crippen molar-refractivity contribution in [2.45, 2.75) is 24.0 Å². The molecule has 2 rings (SSSR count). The zero-order valence-corrected chi connectivity index (χ0v) is 10.7. The van der Waals surface area contributed by atoms with Crippen LogP contribution in [0.15, 0.2) is 29.2 Å². The number of ether oxygens (including phenoxy) is 1. The Labute approximate surface area is 109 Å². The normalized spacial score (nSPS) is 21.4. The fraction of sp³-hybridized carbons (Fsp3) is 0.417. The fourth-order valence-corrected chi connectivity index (χ4v) is 2.06. The molecule has 5 nitrogen and oxygen atoms in total. The quantitative estimate of drug-likeness (QED) is 0.354.